The second kappa shape index (κ2) is 6.02. The van der Waals surface area contributed by atoms with Crippen LogP contribution in [-0.4, -0.2) is 43.7 Å². The molecule has 0 aromatic heterocycles. The number of ether oxygens (including phenoxy) is 1. The number of rotatable bonds is 3. The number of nitrogens with two attached hydrogens (primary N) is 1. The summed E-state index contributed by atoms with van der Waals surface area (Å²) in [5, 5.41) is 0. The first kappa shape index (κ1) is 13.8. The Hall–Kier alpha value is -0.610. The zero-order valence-electron chi connectivity index (χ0n) is 11.5. The number of carbonyl (C=O) groups excluding carboxylic acids is 1. The van der Waals surface area contributed by atoms with Crippen LogP contribution in [0.5, 0.6) is 0 Å². The zero-order valence-corrected chi connectivity index (χ0v) is 11.5. The summed E-state index contributed by atoms with van der Waals surface area (Å²) in [6.45, 7) is 2.09. The molecule has 2 aliphatic rings. The number of methoxy groups -OCH3 is 1. The number of hydrogen-bond donors (Lipinski definition) is 1. The van der Waals surface area contributed by atoms with Crippen LogP contribution in [0.25, 0.3) is 0 Å². The third-order valence-corrected chi connectivity index (χ3v) is 4.71. The number of hydrogen-bond acceptors (Lipinski definition) is 3. The van der Waals surface area contributed by atoms with Gasteiger partial charge < -0.3 is 15.4 Å². The molecule has 1 saturated carbocycles. The van der Waals surface area contributed by atoms with E-state index in [1.165, 1.54) is 44.9 Å². The molecule has 1 amide bonds. The molecular weight excluding hydrogens is 228 g/mol. The van der Waals surface area contributed by atoms with E-state index >= 15 is 0 Å². The van der Waals surface area contributed by atoms with Crippen LogP contribution in [0, 0.1) is 5.41 Å². The third kappa shape index (κ3) is 3.04. The van der Waals surface area contributed by atoms with E-state index in [1.807, 2.05) is 4.90 Å². The Balaban J connectivity index is 1.84. The van der Waals surface area contributed by atoms with E-state index in [0.717, 1.165) is 13.1 Å². The molecule has 18 heavy (non-hydrogen) atoms. The van der Waals surface area contributed by atoms with Crippen molar-refractivity contribution < 1.29 is 9.53 Å². The molecule has 1 saturated heterocycles. The molecule has 104 valence electrons. The van der Waals surface area contributed by atoms with E-state index < -0.39 is 6.04 Å². The quantitative estimate of drug-likeness (QED) is 0.831. The van der Waals surface area contributed by atoms with Gasteiger partial charge in [0.15, 0.2) is 0 Å². The van der Waals surface area contributed by atoms with Crippen molar-refractivity contribution in [3.8, 4) is 0 Å². The third-order valence-electron chi connectivity index (χ3n) is 4.71. The highest BCUT2D eigenvalue weighted by atomic mass is 16.5. The zero-order chi connectivity index (χ0) is 13.0. The van der Waals surface area contributed by atoms with E-state index in [0.29, 0.717) is 12.0 Å². The van der Waals surface area contributed by atoms with E-state index in [9.17, 15) is 4.79 Å². The second-order valence-corrected chi connectivity index (χ2v) is 5.95. The predicted octanol–water partition coefficient (Wildman–Crippen LogP) is 1.53. The highest BCUT2D eigenvalue weighted by Crippen LogP contribution is 2.44. The van der Waals surface area contributed by atoms with Crippen molar-refractivity contribution in [1.29, 1.82) is 0 Å². The van der Waals surface area contributed by atoms with Gasteiger partial charge in [-0.3, -0.25) is 4.79 Å². The Labute approximate surface area is 110 Å². The molecule has 4 heteroatoms. The lowest BCUT2D eigenvalue weighted by atomic mass is 9.68. The highest BCUT2D eigenvalue weighted by Gasteiger charge is 2.37. The van der Waals surface area contributed by atoms with Crippen molar-refractivity contribution in [2.45, 2.75) is 51.0 Å². The molecule has 1 heterocycles. The van der Waals surface area contributed by atoms with Crippen molar-refractivity contribution in [2.24, 2.45) is 11.1 Å². The largest absolute Gasteiger partial charge is 0.383 e. The lowest BCUT2D eigenvalue weighted by Crippen LogP contribution is -2.51. The molecule has 2 fully saturated rings. The first-order valence-electron chi connectivity index (χ1n) is 7.20. The maximum Gasteiger partial charge on any atom is 0.241 e. The maximum atomic E-state index is 12.1. The van der Waals surface area contributed by atoms with Gasteiger partial charge in [0.05, 0.1) is 6.61 Å². The fourth-order valence-corrected chi connectivity index (χ4v) is 3.49. The smallest absolute Gasteiger partial charge is 0.241 e. The molecule has 1 aliphatic heterocycles. The highest BCUT2D eigenvalue weighted by molar-refractivity contribution is 5.81. The minimum Gasteiger partial charge on any atom is -0.383 e. The van der Waals surface area contributed by atoms with Gasteiger partial charge in [0, 0.05) is 20.2 Å². The van der Waals surface area contributed by atoms with Crippen LogP contribution < -0.4 is 5.73 Å². The van der Waals surface area contributed by atoms with Crippen LogP contribution in [0.15, 0.2) is 0 Å². The van der Waals surface area contributed by atoms with E-state index in [4.69, 9.17) is 10.5 Å². The van der Waals surface area contributed by atoms with Gasteiger partial charge in [-0.25, -0.2) is 0 Å². The average molecular weight is 254 g/mol. The van der Waals surface area contributed by atoms with Gasteiger partial charge in [-0.15, -0.1) is 0 Å². The summed E-state index contributed by atoms with van der Waals surface area (Å²) in [6.07, 6.45) is 9.19. The summed E-state index contributed by atoms with van der Waals surface area (Å²) in [6, 6.07) is -0.490. The fourth-order valence-electron chi connectivity index (χ4n) is 3.49. The Morgan fingerprint density at radius 1 is 1.22 bits per heavy atom. The van der Waals surface area contributed by atoms with E-state index in [-0.39, 0.29) is 5.91 Å². The Bertz CT molecular complexity index is 278. The molecule has 0 aromatic carbocycles. The number of piperidine rings is 1. The Morgan fingerprint density at radius 2 is 1.83 bits per heavy atom. The molecule has 0 aromatic rings. The average Bonchev–Trinajstić information content (AvgIpc) is 2.40. The van der Waals surface area contributed by atoms with Gasteiger partial charge in [0.1, 0.15) is 6.04 Å². The van der Waals surface area contributed by atoms with Crippen LogP contribution in [0.1, 0.15) is 44.9 Å². The van der Waals surface area contributed by atoms with Crippen molar-refractivity contribution >= 4 is 5.91 Å². The second-order valence-electron chi connectivity index (χ2n) is 5.95. The van der Waals surface area contributed by atoms with E-state index in [2.05, 4.69) is 0 Å². The molecule has 1 aliphatic carbocycles. The maximum absolute atomic E-state index is 12.1. The Kier molecular flexibility index (Phi) is 4.62. The predicted molar refractivity (Wildman–Crippen MR) is 71.2 cm³/mol. The minimum atomic E-state index is -0.490. The van der Waals surface area contributed by atoms with Crippen LogP contribution in [0.3, 0.4) is 0 Å². The summed E-state index contributed by atoms with van der Waals surface area (Å²) < 4.78 is 4.95. The lowest BCUT2D eigenvalue weighted by Gasteiger charge is -2.44. The summed E-state index contributed by atoms with van der Waals surface area (Å²) >= 11 is 0. The number of carbonyl (C=O) groups is 1. The van der Waals surface area contributed by atoms with Crippen LogP contribution in [0.4, 0.5) is 0 Å². The van der Waals surface area contributed by atoms with Crippen LogP contribution in [0.2, 0.25) is 0 Å². The van der Waals surface area contributed by atoms with Gasteiger partial charge in [-0.2, -0.15) is 0 Å². The van der Waals surface area contributed by atoms with Crippen molar-refractivity contribution in [1.82, 2.24) is 4.90 Å². The Morgan fingerprint density at radius 3 is 2.39 bits per heavy atom. The normalized spacial score (nSPS) is 25.1. The molecule has 0 bridgehead atoms. The molecule has 0 radical (unpaired) electrons. The molecular formula is C14H26N2O2. The van der Waals surface area contributed by atoms with Gasteiger partial charge >= 0.3 is 0 Å². The van der Waals surface area contributed by atoms with Crippen LogP contribution in [-0.2, 0) is 9.53 Å². The topological polar surface area (TPSA) is 55.6 Å². The van der Waals surface area contributed by atoms with Gasteiger partial charge in [0.25, 0.3) is 0 Å². The first-order chi connectivity index (χ1) is 8.67. The summed E-state index contributed by atoms with van der Waals surface area (Å²) in [5.74, 6) is 0.0579. The number of amides is 1. The molecule has 2 N–H and O–H groups in total. The summed E-state index contributed by atoms with van der Waals surface area (Å²) in [7, 11) is 1.58. The van der Waals surface area contributed by atoms with Gasteiger partial charge in [-0.1, -0.05) is 19.3 Å². The lowest BCUT2D eigenvalue weighted by molar-refractivity contribution is -0.136. The molecule has 1 atom stereocenters. The van der Waals surface area contributed by atoms with Crippen molar-refractivity contribution in [3.63, 3.8) is 0 Å². The van der Waals surface area contributed by atoms with Crippen molar-refractivity contribution in [3.05, 3.63) is 0 Å². The number of likely N-dealkylation sites (tertiary alicyclic amines) is 1. The molecule has 1 unspecified atom stereocenters. The molecule has 4 nitrogen and oxygen atoms in total. The monoisotopic (exact) mass is 254 g/mol. The molecule has 2 rings (SSSR count). The van der Waals surface area contributed by atoms with Gasteiger partial charge in [0.2, 0.25) is 5.91 Å². The van der Waals surface area contributed by atoms with Gasteiger partial charge in [-0.05, 0) is 31.1 Å². The minimum absolute atomic E-state index is 0.0579. The SMILES string of the molecule is COCC(N)C(=O)N1CCC2(CCCCC2)CC1. The van der Waals surface area contributed by atoms with Crippen molar-refractivity contribution in [2.75, 3.05) is 26.8 Å². The molecule has 1 spiro atoms. The summed E-state index contributed by atoms with van der Waals surface area (Å²) in [5.41, 5.74) is 6.35. The number of nitrogens with zero attached hydrogens (tertiary/aromatic N) is 1. The first-order valence-corrected chi connectivity index (χ1v) is 7.20. The van der Waals surface area contributed by atoms with Crippen LogP contribution >= 0.6 is 0 Å². The fraction of sp³-hybridized carbons (Fsp3) is 0.929. The van der Waals surface area contributed by atoms with E-state index in [1.54, 1.807) is 7.11 Å². The summed E-state index contributed by atoms with van der Waals surface area (Å²) in [4.78, 5) is 14.0. The standard InChI is InChI=1S/C14H26N2O2/c1-18-11-12(15)13(17)16-9-7-14(8-10-16)5-3-2-4-6-14/h12H,2-11,15H2,1H3.